The second kappa shape index (κ2) is 8.69. The van der Waals surface area contributed by atoms with Crippen LogP contribution in [0.2, 0.25) is 0 Å². The molecule has 2 N–H and O–H groups in total. The molecule has 0 saturated heterocycles. The molecule has 0 aliphatic heterocycles. The first-order valence-corrected chi connectivity index (χ1v) is 13.7. The summed E-state index contributed by atoms with van der Waals surface area (Å²) in [5, 5.41) is 20.7. The number of carboxylic acid groups (broad SMARTS) is 1. The average molecular weight is 515 g/mol. The van der Waals surface area contributed by atoms with Crippen LogP contribution < -0.4 is 0 Å². The molecule has 0 spiro atoms. The molecule has 0 aromatic carbocycles. The van der Waals surface area contributed by atoms with Gasteiger partial charge in [-0.25, -0.2) is 0 Å². The monoisotopic (exact) mass is 514 g/mol. The van der Waals surface area contributed by atoms with E-state index in [-0.39, 0.29) is 66.6 Å². The van der Waals surface area contributed by atoms with Gasteiger partial charge in [0.15, 0.2) is 5.78 Å². The summed E-state index contributed by atoms with van der Waals surface area (Å²) in [5.74, 6) is -2.49. The van der Waals surface area contributed by atoms with Gasteiger partial charge in [0, 0.05) is 48.5 Å². The number of aliphatic hydroxyl groups is 1. The fraction of sp³-hybridized carbons (Fsp3) is 0.767. The molecule has 4 rings (SSSR count). The first-order chi connectivity index (χ1) is 16.9. The minimum absolute atomic E-state index is 0.00884. The van der Waals surface area contributed by atoms with Crippen molar-refractivity contribution >= 4 is 29.1 Å². The fourth-order valence-corrected chi connectivity index (χ4v) is 8.93. The Bertz CT molecular complexity index is 1110. The van der Waals surface area contributed by atoms with Gasteiger partial charge < -0.3 is 10.2 Å². The highest BCUT2D eigenvalue weighted by atomic mass is 16.4. The van der Waals surface area contributed by atoms with Crippen LogP contribution in [0.1, 0.15) is 93.4 Å². The first kappa shape index (κ1) is 27.9. The van der Waals surface area contributed by atoms with Gasteiger partial charge in [0.25, 0.3) is 0 Å². The van der Waals surface area contributed by atoms with E-state index in [1.165, 1.54) is 6.92 Å². The fourth-order valence-electron chi connectivity index (χ4n) is 8.93. The Balaban J connectivity index is 1.75. The molecule has 0 heterocycles. The van der Waals surface area contributed by atoms with Crippen molar-refractivity contribution in [2.45, 2.75) is 99.5 Å². The molecule has 204 valence electrons. The molecule has 7 heteroatoms. The third-order valence-corrected chi connectivity index (χ3v) is 11.3. The van der Waals surface area contributed by atoms with Crippen LogP contribution in [0.15, 0.2) is 11.1 Å². The lowest BCUT2D eigenvalue weighted by molar-refractivity contribution is -0.147. The molecular formula is C30H42O7. The molecule has 8 atom stereocenters. The Kier molecular flexibility index (Phi) is 6.54. The van der Waals surface area contributed by atoms with Crippen LogP contribution in [-0.4, -0.2) is 45.4 Å². The molecule has 2 fully saturated rings. The molecule has 37 heavy (non-hydrogen) atoms. The van der Waals surface area contributed by atoms with Crippen molar-refractivity contribution in [2.24, 2.45) is 45.3 Å². The summed E-state index contributed by atoms with van der Waals surface area (Å²) in [6.07, 6.45) is 0.736. The molecule has 2 saturated carbocycles. The number of hydrogen-bond acceptors (Lipinski definition) is 6. The predicted octanol–water partition coefficient (Wildman–Crippen LogP) is 4.34. The lowest BCUT2D eigenvalue weighted by atomic mass is 9.42. The lowest BCUT2D eigenvalue weighted by Gasteiger charge is -2.60. The number of aliphatic carboxylic acids is 1. The predicted molar refractivity (Wildman–Crippen MR) is 136 cm³/mol. The molecule has 0 radical (unpaired) electrons. The Labute approximate surface area is 219 Å². The zero-order valence-electron chi connectivity index (χ0n) is 23.3. The SMILES string of the molecule is C[C@H](CC(=O)C[C@@H](C)[C@H]1CC(=O)[C@@]2(C)C3=C(C(=O)C[C@]12C)[C@@]1(C)CCC(=O)C(C)(C)C1C[C@@H]3O)C(=O)O. The van der Waals surface area contributed by atoms with Gasteiger partial charge in [-0.2, -0.15) is 0 Å². The number of carboxylic acids is 1. The maximum Gasteiger partial charge on any atom is 0.306 e. The normalized spacial score (nSPS) is 40.5. The number of aliphatic hydroxyl groups excluding tert-OH is 1. The van der Waals surface area contributed by atoms with Crippen LogP contribution in [0.4, 0.5) is 0 Å². The average Bonchev–Trinajstić information content (AvgIpc) is 2.99. The zero-order chi connectivity index (χ0) is 27.9. The van der Waals surface area contributed by atoms with Gasteiger partial charge in [0.1, 0.15) is 17.3 Å². The summed E-state index contributed by atoms with van der Waals surface area (Å²) in [4.78, 5) is 64.6. The summed E-state index contributed by atoms with van der Waals surface area (Å²) < 4.78 is 0. The van der Waals surface area contributed by atoms with Gasteiger partial charge in [-0.05, 0) is 48.5 Å². The van der Waals surface area contributed by atoms with Crippen molar-refractivity contribution in [2.75, 3.05) is 0 Å². The van der Waals surface area contributed by atoms with Crippen LogP contribution in [0.3, 0.4) is 0 Å². The Hall–Kier alpha value is -2.15. The molecule has 4 aliphatic carbocycles. The number of allylic oxidation sites excluding steroid dienone is 1. The van der Waals surface area contributed by atoms with E-state index in [1.54, 1.807) is 0 Å². The van der Waals surface area contributed by atoms with Crippen molar-refractivity contribution < 1.29 is 34.2 Å². The van der Waals surface area contributed by atoms with Gasteiger partial charge in [-0.1, -0.05) is 41.5 Å². The maximum atomic E-state index is 14.0. The molecule has 0 bridgehead atoms. The highest BCUT2D eigenvalue weighted by molar-refractivity contribution is 6.05. The van der Waals surface area contributed by atoms with Gasteiger partial charge >= 0.3 is 5.97 Å². The standard InChI is InChI=1S/C30H42O7/c1-15(10-17(31)11-16(2)26(36)37)18-12-23(35)30(7)25-19(32)13-21-27(3,4)22(34)8-9-28(21,5)24(25)20(33)14-29(18,30)6/h15-16,18-19,21,32H,8-14H2,1-7H3,(H,36,37)/t15-,16-,18-,19+,21?,28+,29-,30+/m1/s1. The molecule has 0 aromatic rings. The summed E-state index contributed by atoms with van der Waals surface area (Å²) in [5.41, 5.74) is -1.92. The number of ketones is 4. The van der Waals surface area contributed by atoms with Crippen LogP contribution in [0.5, 0.6) is 0 Å². The third-order valence-electron chi connectivity index (χ3n) is 11.3. The lowest BCUT2D eigenvalue weighted by Crippen LogP contribution is -2.60. The molecule has 7 nitrogen and oxygen atoms in total. The zero-order valence-corrected chi connectivity index (χ0v) is 23.3. The van der Waals surface area contributed by atoms with E-state index in [9.17, 15) is 34.2 Å². The van der Waals surface area contributed by atoms with Gasteiger partial charge in [-0.3, -0.25) is 24.0 Å². The van der Waals surface area contributed by atoms with E-state index in [0.717, 1.165) is 0 Å². The number of hydrogen-bond donors (Lipinski definition) is 2. The van der Waals surface area contributed by atoms with Crippen molar-refractivity contribution in [3.8, 4) is 0 Å². The van der Waals surface area contributed by atoms with Crippen molar-refractivity contribution in [3.63, 3.8) is 0 Å². The summed E-state index contributed by atoms with van der Waals surface area (Å²) in [6, 6.07) is 0. The van der Waals surface area contributed by atoms with Crippen molar-refractivity contribution in [3.05, 3.63) is 11.1 Å². The smallest absolute Gasteiger partial charge is 0.306 e. The maximum absolute atomic E-state index is 14.0. The van der Waals surface area contributed by atoms with Crippen LogP contribution >= 0.6 is 0 Å². The summed E-state index contributed by atoms with van der Waals surface area (Å²) in [7, 11) is 0. The van der Waals surface area contributed by atoms with E-state index in [4.69, 9.17) is 0 Å². The van der Waals surface area contributed by atoms with E-state index in [1.807, 2.05) is 41.5 Å². The quantitative estimate of drug-likeness (QED) is 0.540. The minimum atomic E-state index is -1.04. The minimum Gasteiger partial charge on any atom is -0.481 e. The van der Waals surface area contributed by atoms with E-state index in [2.05, 4.69) is 0 Å². The second-order valence-corrected chi connectivity index (χ2v) is 13.7. The molecular weight excluding hydrogens is 472 g/mol. The topological polar surface area (TPSA) is 126 Å². The van der Waals surface area contributed by atoms with Crippen molar-refractivity contribution in [1.29, 1.82) is 0 Å². The number of Topliss-reactive ketones (excluding diaryl/α,β-unsaturated/α-hetero) is 4. The Morgan fingerprint density at radius 2 is 1.62 bits per heavy atom. The molecule has 0 amide bonds. The second-order valence-electron chi connectivity index (χ2n) is 13.7. The summed E-state index contributed by atoms with van der Waals surface area (Å²) in [6.45, 7) is 13.1. The largest absolute Gasteiger partial charge is 0.481 e. The first-order valence-electron chi connectivity index (χ1n) is 13.7. The number of rotatable bonds is 6. The van der Waals surface area contributed by atoms with E-state index in [0.29, 0.717) is 30.4 Å². The van der Waals surface area contributed by atoms with Gasteiger partial charge in [0.2, 0.25) is 0 Å². The number of carbonyl (C=O) groups excluding carboxylic acids is 4. The van der Waals surface area contributed by atoms with E-state index >= 15 is 0 Å². The molecule has 0 aromatic heterocycles. The van der Waals surface area contributed by atoms with Crippen LogP contribution in [0, 0.1) is 45.3 Å². The highest BCUT2D eigenvalue weighted by Gasteiger charge is 2.70. The van der Waals surface area contributed by atoms with E-state index < -0.39 is 39.7 Å². The highest BCUT2D eigenvalue weighted by Crippen LogP contribution is 2.70. The van der Waals surface area contributed by atoms with Crippen LogP contribution in [0.25, 0.3) is 0 Å². The Morgan fingerprint density at radius 1 is 1.00 bits per heavy atom. The Morgan fingerprint density at radius 3 is 2.22 bits per heavy atom. The number of carbonyl (C=O) groups is 5. The summed E-state index contributed by atoms with van der Waals surface area (Å²) >= 11 is 0. The van der Waals surface area contributed by atoms with Gasteiger partial charge in [-0.15, -0.1) is 0 Å². The molecule has 1 unspecified atom stereocenters. The van der Waals surface area contributed by atoms with Crippen molar-refractivity contribution in [1.82, 2.24) is 0 Å². The number of fused-ring (bicyclic) bond motifs is 4. The van der Waals surface area contributed by atoms with Gasteiger partial charge in [0.05, 0.1) is 17.4 Å². The third kappa shape index (κ3) is 3.74. The van der Waals surface area contributed by atoms with Crippen LogP contribution in [-0.2, 0) is 24.0 Å². The molecule has 4 aliphatic rings.